The van der Waals surface area contributed by atoms with Crippen molar-refractivity contribution in [3.05, 3.63) is 36.0 Å². The lowest BCUT2D eigenvalue weighted by Crippen LogP contribution is -2.55. The molecule has 0 aliphatic rings. The van der Waals surface area contributed by atoms with Crippen molar-refractivity contribution < 1.29 is 24.3 Å². The zero-order chi connectivity index (χ0) is 23.8. The molecule has 0 aliphatic carbocycles. The molecule has 0 fully saturated rings. The fraction of sp³-hybridized carbons (Fsp3) is 0.455. The second kappa shape index (κ2) is 11.3. The molecule has 174 valence electrons. The molecule has 3 amide bonds. The Morgan fingerprint density at radius 1 is 1.06 bits per heavy atom. The minimum Gasteiger partial charge on any atom is -0.480 e. The molecule has 0 bridgehead atoms. The predicted molar refractivity (Wildman–Crippen MR) is 119 cm³/mol. The van der Waals surface area contributed by atoms with Crippen molar-refractivity contribution in [1.82, 2.24) is 15.6 Å². The lowest BCUT2D eigenvalue weighted by Gasteiger charge is -2.23. The summed E-state index contributed by atoms with van der Waals surface area (Å²) in [4.78, 5) is 51.2. The van der Waals surface area contributed by atoms with Crippen LogP contribution in [0.4, 0.5) is 0 Å². The third-order valence-electron chi connectivity index (χ3n) is 5.09. The van der Waals surface area contributed by atoms with Crippen LogP contribution in [0.3, 0.4) is 0 Å². The number of carbonyl (C=O) groups excluding carboxylic acids is 3. The average molecular weight is 446 g/mol. The van der Waals surface area contributed by atoms with Crippen molar-refractivity contribution in [2.24, 2.45) is 17.4 Å². The van der Waals surface area contributed by atoms with E-state index in [0.29, 0.717) is 0 Å². The summed E-state index contributed by atoms with van der Waals surface area (Å²) >= 11 is 0. The number of aliphatic carboxylic acids is 1. The van der Waals surface area contributed by atoms with E-state index in [1.165, 1.54) is 0 Å². The number of hydrogen-bond donors (Lipinski definition) is 6. The Labute approximate surface area is 186 Å². The summed E-state index contributed by atoms with van der Waals surface area (Å²) in [5, 5.41) is 15.3. The Bertz CT molecular complexity index is 971. The molecule has 0 unspecified atom stereocenters. The number of nitrogens with two attached hydrogens (primary N) is 2. The van der Waals surface area contributed by atoms with Gasteiger partial charge in [-0.2, -0.15) is 0 Å². The van der Waals surface area contributed by atoms with E-state index in [1.54, 1.807) is 6.20 Å². The van der Waals surface area contributed by atoms with Crippen LogP contribution in [0.25, 0.3) is 10.9 Å². The average Bonchev–Trinajstić information content (AvgIpc) is 3.12. The van der Waals surface area contributed by atoms with Gasteiger partial charge in [-0.15, -0.1) is 0 Å². The van der Waals surface area contributed by atoms with Crippen LogP contribution >= 0.6 is 0 Å². The molecule has 0 aliphatic heterocycles. The van der Waals surface area contributed by atoms with Crippen molar-refractivity contribution in [2.75, 3.05) is 0 Å². The minimum absolute atomic E-state index is 0.0275. The molecular formula is C22H31N5O5. The summed E-state index contributed by atoms with van der Waals surface area (Å²) in [7, 11) is 0. The first kappa shape index (κ1) is 24.9. The number of rotatable bonds is 12. The Kier molecular flexibility index (Phi) is 8.77. The molecule has 0 saturated heterocycles. The van der Waals surface area contributed by atoms with E-state index in [2.05, 4.69) is 15.6 Å². The number of fused-ring (bicyclic) bond motifs is 1. The zero-order valence-electron chi connectivity index (χ0n) is 18.3. The van der Waals surface area contributed by atoms with E-state index in [0.717, 1.165) is 16.5 Å². The molecule has 0 spiro atoms. The molecular weight excluding hydrogens is 414 g/mol. The van der Waals surface area contributed by atoms with Crippen LogP contribution in [-0.2, 0) is 25.6 Å². The van der Waals surface area contributed by atoms with E-state index >= 15 is 0 Å². The molecule has 0 saturated carbocycles. The Morgan fingerprint density at radius 3 is 2.34 bits per heavy atom. The molecule has 10 heteroatoms. The number of nitrogens with one attached hydrogen (secondary N) is 3. The van der Waals surface area contributed by atoms with Gasteiger partial charge in [-0.3, -0.25) is 14.4 Å². The highest BCUT2D eigenvalue weighted by Gasteiger charge is 2.28. The Hall–Kier alpha value is -3.40. The molecule has 2 aromatic rings. The Morgan fingerprint density at radius 2 is 1.72 bits per heavy atom. The maximum absolute atomic E-state index is 12.7. The van der Waals surface area contributed by atoms with Crippen molar-refractivity contribution in [2.45, 2.75) is 57.7 Å². The number of aromatic nitrogens is 1. The topological polar surface area (TPSA) is 180 Å². The van der Waals surface area contributed by atoms with E-state index < -0.39 is 41.8 Å². The molecule has 3 atom stereocenters. The Balaban J connectivity index is 2.08. The number of carboxylic acid groups (broad SMARTS) is 1. The largest absolute Gasteiger partial charge is 0.480 e. The quantitative estimate of drug-likeness (QED) is 0.275. The monoisotopic (exact) mass is 445 g/mol. The number of para-hydroxylation sites is 1. The third kappa shape index (κ3) is 7.09. The summed E-state index contributed by atoms with van der Waals surface area (Å²) in [6.45, 7) is 3.66. The summed E-state index contributed by atoms with van der Waals surface area (Å²) < 4.78 is 0. The van der Waals surface area contributed by atoms with Gasteiger partial charge in [0.05, 0.1) is 6.04 Å². The first-order valence-corrected chi connectivity index (χ1v) is 10.5. The zero-order valence-corrected chi connectivity index (χ0v) is 18.3. The van der Waals surface area contributed by atoms with Gasteiger partial charge >= 0.3 is 5.97 Å². The summed E-state index contributed by atoms with van der Waals surface area (Å²) in [6, 6.07) is 4.38. The maximum Gasteiger partial charge on any atom is 0.326 e. The van der Waals surface area contributed by atoms with Crippen molar-refractivity contribution in [3.63, 3.8) is 0 Å². The highest BCUT2D eigenvalue weighted by Crippen LogP contribution is 2.18. The van der Waals surface area contributed by atoms with Crippen LogP contribution < -0.4 is 22.1 Å². The molecule has 1 heterocycles. The highest BCUT2D eigenvalue weighted by molar-refractivity contribution is 5.92. The summed E-state index contributed by atoms with van der Waals surface area (Å²) in [5.74, 6) is -3.08. The van der Waals surface area contributed by atoms with Gasteiger partial charge in [0.15, 0.2) is 0 Å². The molecule has 10 nitrogen and oxygen atoms in total. The normalized spacial score (nSPS) is 14.0. The fourth-order valence-corrected chi connectivity index (χ4v) is 3.43. The number of carbonyl (C=O) groups is 4. The summed E-state index contributed by atoms with van der Waals surface area (Å²) in [6.07, 6.45) is 2.00. The van der Waals surface area contributed by atoms with Crippen LogP contribution in [0.1, 0.15) is 38.7 Å². The number of H-pyrrole nitrogens is 1. The second-order valence-corrected chi connectivity index (χ2v) is 8.27. The summed E-state index contributed by atoms with van der Waals surface area (Å²) in [5.41, 5.74) is 13.0. The van der Waals surface area contributed by atoms with Gasteiger partial charge in [-0.05, 0) is 36.8 Å². The minimum atomic E-state index is -1.18. The van der Waals surface area contributed by atoms with Gasteiger partial charge in [-0.25, -0.2) is 4.79 Å². The number of benzene rings is 1. The standard InChI is InChI=1S/C22H31N5O5/c1-12(2)9-18(22(31)32)27-21(30)17(7-8-19(24)28)26-20(29)15(23)10-13-11-25-16-6-4-3-5-14(13)16/h3-6,11-12,15,17-18,25H,7-10,23H2,1-2H3,(H2,24,28)(H,26,29)(H,27,30)(H,31,32)/t15-,17-,18-/m0/s1. The number of primary amides is 1. The van der Waals surface area contributed by atoms with E-state index in [-0.39, 0.29) is 31.6 Å². The maximum atomic E-state index is 12.7. The first-order valence-electron chi connectivity index (χ1n) is 10.5. The van der Waals surface area contributed by atoms with E-state index in [4.69, 9.17) is 11.5 Å². The van der Waals surface area contributed by atoms with Gasteiger partial charge < -0.3 is 32.2 Å². The molecule has 1 aromatic carbocycles. The first-order chi connectivity index (χ1) is 15.1. The smallest absolute Gasteiger partial charge is 0.326 e. The van der Waals surface area contributed by atoms with Crippen LogP contribution in [0.5, 0.6) is 0 Å². The van der Waals surface area contributed by atoms with Crippen molar-refractivity contribution in [3.8, 4) is 0 Å². The van der Waals surface area contributed by atoms with Crippen LogP contribution in [0.2, 0.25) is 0 Å². The van der Waals surface area contributed by atoms with Gasteiger partial charge in [0.25, 0.3) is 0 Å². The van der Waals surface area contributed by atoms with Gasteiger partial charge in [0, 0.05) is 23.5 Å². The van der Waals surface area contributed by atoms with E-state index in [1.807, 2.05) is 38.1 Å². The third-order valence-corrected chi connectivity index (χ3v) is 5.09. The number of aromatic amines is 1. The SMILES string of the molecule is CC(C)C[C@H](NC(=O)[C@H](CCC(N)=O)NC(=O)[C@@H](N)Cc1c[nH]c2ccccc12)C(=O)O. The molecule has 1 aromatic heterocycles. The number of amides is 3. The van der Waals surface area contributed by atoms with Crippen molar-refractivity contribution >= 4 is 34.6 Å². The highest BCUT2D eigenvalue weighted by atomic mass is 16.4. The van der Waals surface area contributed by atoms with Crippen LogP contribution in [-0.4, -0.2) is 51.9 Å². The van der Waals surface area contributed by atoms with E-state index in [9.17, 15) is 24.3 Å². The van der Waals surface area contributed by atoms with Gasteiger partial charge in [0.1, 0.15) is 12.1 Å². The molecule has 8 N–H and O–H groups in total. The second-order valence-electron chi connectivity index (χ2n) is 8.27. The molecule has 2 rings (SSSR count). The number of hydrogen-bond acceptors (Lipinski definition) is 5. The van der Waals surface area contributed by atoms with Gasteiger partial charge in [0.2, 0.25) is 17.7 Å². The fourth-order valence-electron chi connectivity index (χ4n) is 3.43. The van der Waals surface area contributed by atoms with Crippen LogP contribution in [0.15, 0.2) is 30.5 Å². The van der Waals surface area contributed by atoms with Gasteiger partial charge in [-0.1, -0.05) is 32.0 Å². The number of carboxylic acids is 1. The lowest BCUT2D eigenvalue weighted by molar-refractivity contribution is -0.142. The lowest BCUT2D eigenvalue weighted by atomic mass is 10.0. The van der Waals surface area contributed by atoms with Crippen LogP contribution in [0, 0.1) is 5.92 Å². The molecule has 0 radical (unpaired) electrons. The van der Waals surface area contributed by atoms with Crippen molar-refractivity contribution in [1.29, 1.82) is 0 Å². The predicted octanol–water partition coefficient (Wildman–Crippen LogP) is 0.404. The molecule has 32 heavy (non-hydrogen) atoms.